The van der Waals surface area contributed by atoms with Gasteiger partial charge in [-0.05, 0) is 113 Å². The number of nitrogens with zero attached hydrogens (tertiary/aromatic N) is 2. The smallest absolute Gasteiger partial charge is 0.333 e. The van der Waals surface area contributed by atoms with E-state index in [-0.39, 0.29) is 17.7 Å². The Morgan fingerprint density at radius 1 is 0.627 bits per heavy atom. The average Bonchev–Trinajstić information content (AvgIpc) is 3.50. The fourth-order valence-electron chi connectivity index (χ4n) is 9.78. The molecule has 0 spiro atoms. The van der Waals surface area contributed by atoms with Crippen molar-refractivity contribution in [1.82, 2.24) is 0 Å². The first kappa shape index (κ1) is 29.3. The molecule has 0 atom stereocenters. The highest BCUT2D eigenvalue weighted by Gasteiger charge is 2.49. The maximum Gasteiger partial charge on any atom is 0.333 e. The molecule has 4 aliphatic rings. The van der Waals surface area contributed by atoms with Crippen molar-refractivity contribution in [3.8, 4) is 22.6 Å². The Balaban J connectivity index is 1.30. The van der Waals surface area contributed by atoms with E-state index in [9.17, 15) is 0 Å². The normalized spacial score (nSPS) is 17.0. The highest BCUT2D eigenvalue weighted by atomic mass is 16.5. The van der Waals surface area contributed by atoms with Gasteiger partial charge in [0.1, 0.15) is 11.3 Å². The highest BCUT2D eigenvalue weighted by molar-refractivity contribution is 6.94. The minimum Gasteiger partial charge on any atom is -0.454 e. The summed E-state index contributed by atoms with van der Waals surface area (Å²) in [6.45, 7) is 14.1. The van der Waals surface area contributed by atoms with Crippen LogP contribution >= 0.6 is 0 Å². The molecule has 1 aromatic heterocycles. The second-order valence-electron chi connectivity index (χ2n) is 16.5. The molecule has 5 heteroatoms. The molecule has 0 N–H and O–H groups in total. The van der Waals surface area contributed by atoms with Crippen molar-refractivity contribution in [3.63, 3.8) is 0 Å². The molecule has 51 heavy (non-hydrogen) atoms. The molecule has 1 aliphatic carbocycles. The summed E-state index contributed by atoms with van der Waals surface area (Å²) >= 11 is 0. The van der Waals surface area contributed by atoms with Gasteiger partial charge >= 0.3 is 6.85 Å². The molecule has 3 aliphatic heterocycles. The van der Waals surface area contributed by atoms with Crippen LogP contribution in [0, 0.1) is 13.8 Å². The SMILES string of the molecule is Cc1cc2c3c(c1)N(c1cc4c(cc1C)C(C)(C)CCC4(C)C)c1c(ccc4c1oc1ccccc14)B3N1c3ccccc3Oc3cccc-2c31. The summed E-state index contributed by atoms with van der Waals surface area (Å²) in [7, 11) is 0. The summed E-state index contributed by atoms with van der Waals surface area (Å²) in [5, 5.41) is 2.28. The zero-order chi connectivity index (χ0) is 34.6. The number of furan rings is 1. The Bertz CT molecular complexity index is 2680. The molecule has 4 nitrogen and oxygen atoms in total. The number of hydrogen-bond acceptors (Lipinski definition) is 4. The van der Waals surface area contributed by atoms with Crippen LogP contribution in [0.15, 0.2) is 108 Å². The zero-order valence-corrected chi connectivity index (χ0v) is 30.0. The van der Waals surface area contributed by atoms with Gasteiger partial charge in [-0.3, -0.25) is 0 Å². The summed E-state index contributed by atoms with van der Waals surface area (Å²) in [5.74, 6) is 1.77. The average molecular weight is 663 g/mol. The van der Waals surface area contributed by atoms with E-state index in [1.165, 1.54) is 62.1 Å². The second-order valence-corrected chi connectivity index (χ2v) is 16.5. The van der Waals surface area contributed by atoms with E-state index < -0.39 is 0 Å². The summed E-state index contributed by atoms with van der Waals surface area (Å²) in [6.07, 6.45) is 2.35. The molecule has 6 aromatic carbocycles. The Morgan fingerprint density at radius 3 is 2.22 bits per heavy atom. The molecular weight excluding hydrogens is 623 g/mol. The Labute approximate surface area is 299 Å². The molecule has 7 aromatic rings. The lowest BCUT2D eigenvalue weighted by molar-refractivity contribution is 0.332. The summed E-state index contributed by atoms with van der Waals surface area (Å²) < 4.78 is 13.6. The highest BCUT2D eigenvalue weighted by Crippen LogP contribution is 2.57. The van der Waals surface area contributed by atoms with Crippen molar-refractivity contribution >= 4 is 68.1 Å². The van der Waals surface area contributed by atoms with Gasteiger partial charge in [0, 0.05) is 27.7 Å². The van der Waals surface area contributed by atoms with Crippen molar-refractivity contribution in [2.24, 2.45) is 0 Å². The molecule has 0 saturated heterocycles. The summed E-state index contributed by atoms with van der Waals surface area (Å²) in [5.41, 5.74) is 18.3. The van der Waals surface area contributed by atoms with Crippen LogP contribution in [-0.2, 0) is 10.8 Å². The van der Waals surface area contributed by atoms with Gasteiger partial charge in [0.25, 0.3) is 0 Å². The lowest BCUT2D eigenvalue weighted by Crippen LogP contribution is -2.62. The third-order valence-corrected chi connectivity index (χ3v) is 12.4. The molecule has 11 rings (SSSR count). The number of rotatable bonds is 1. The van der Waals surface area contributed by atoms with Crippen molar-refractivity contribution in [3.05, 3.63) is 125 Å². The van der Waals surface area contributed by atoms with Crippen LogP contribution in [0.5, 0.6) is 11.5 Å². The molecule has 0 radical (unpaired) electrons. The van der Waals surface area contributed by atoms with Crippen LogP contribution in [0.2, 0.25) is 0 Å². The fraction of sp³-hybridized carbons (Fsp3) is 0.217. The largest absolute Gasteiger partial charge is 0.454 e. The standard InChI is InChI=1S/C46H39BN2O2/c1-26-22-31-29-13-11-17-40-42(29)49(35-14-8-10-16-39(35)50-40)47-34-19-18-30-28-12-7-9-15-38(28)51-44(30)43(34)48(37(23-26)41(31)47)36-25-33-32(24-27(36)2)45(3,4)20-21-46(33,5)6/h7-19,22-25H,20-21H2,1-6H3. The Hall–Kier alpha value is -5.42. The van der Waals surface area contributed by atoms with Crippen LogP contribution < -0.4 is 25.4 Å². The lowest BCUT2D eigenvalue weighted by Gasteiger charge is -2.48. The third kappa shape index (κ3) is 3.76. The van der Waals surface area contributed by atoms with Gasteiger partial charge in [-0.1, -0.05) is 94.4 Å². The van der Waals surface area contributed by atoms with Crippen LogP contribution in [0.3, 0.4) is 0 Å². The second kappa shape index (κ2) is 9.67. The van der Waals surface area contributed by atoms with E-state index in [2.05, 4.69) is 154 Å². The van der Waals surface area contributed by atoms with Gasteiger partial charge in [0.2, 0.25) is 0 Å². The van der Waals surface area contributed by atoms with Gasteiger partial charge in [0.05, 0.1) is 17.1 Å². The van der Waals surface area contributed by atoms with Crippen molar-refractivity contribution in [1.29, 1.82) is 0 Å². The number of fused-ring (bicyclic) bond motifs is 11. The number of benzene rings is 6. The molecule has 0 amide bonds. The molecule has 0 unspecified atom stereocenters. The van der Waals surface area contributed by atoms with Crippen LogP contribution in [-0.4, -0.2) is 6.85 Å². The van der Waals surface area contributed by atoms with E-state index in [1.54, 1.807) is 0 Å². The van der Waals surface area contributed by atoms with Gasteiger partial charge in [0.15, 0.2) is 11.3 Å². The maximum absolute atomic E-state index is 6.98. The Morgan fingerprint density at radius 2 is 1.37 bits per heavy atom. The third-order valence-electron chi connectivity index (χ3n) is 12.4. The van der Waals surface area contributed by atoms with Crippen LogP contribution in [0.4, 0.5) is 28.4 Å². The molecule has 4 heterocycles. The first-order chi connectivity index (χ1) is 24.6. The van der Waals surface area contributed by atoms with Gasteiger partial charge in [-0.15, -0.1) is 0 Å². The first-order valence-corrected chi connectivity index (χ1v) is 18.3. The summed E-state index contributed by atoms with van der Waals surface area (Å²) in [4.78, 5) is 5.11. The predicted octanol–water partition coefficient (Wildman–Crippen LogP) is 11.4. The Kier molecular flexibility index (Phi) is 5.56. The van der Waals surface area contributed by atoms with E-state index in [0.29, 0.717) is 0 Å². The monoisotopic (exact) mass is 662 g/mol. The van der Waals surface area contributed by atoms with E-state index in [1.807, 2.05) is 0 Å². The molecular formula is C46H39BN2O2. The molecule has 0 fully saturated rings. The zero-order valence-electron chi connectivity index (χ0n) is 30.0. The van der Waals surface area contributed by atoms with Crippen molar-refractivity contribution < 1.29 is 9.15 Å². The van der Waals surface area contributed by atoms with Crippen molar-refractivity contribution in [2.75, 3.05) is 9.71 Å². The number of ether oxygens (including phenoxy) is 1. The minimum absolute atomic E-state index is 0.0682. The number of hydrogen-bond donors (Lipinski definition) is 0. The number of aryl methyl sites for hydroxylation is 2. The van der Waals surface area contributed by atoms with Gasteiger partial charge < -0.3 is 18.9 Å². The number of para-hydroxylation sites is 4. The fourth-order valence-corrected chi connectivity index (χ4v) is 9.78. The topological polar surface area (TPSA) is 28.9 Å². The van der Waals surface area contributed by atoms with Crippen molar-refractivity contribution in [2.45, 2.75) is 65.2 Å². The van der Waals surface area contributed by atoms with Gasteiger partial charge in [-0.25, -0.2) is 0 Å². The number of anilines is 5. The first-order valence-electron chi connectivity index (χ1n) is 18.3. The minimum atomic E-state index is -0.0912. The van der Waals surface area contributed by atoms with Crippen LogP contribution in [0.1, 0.15) is 62.8 Å². The van der Waals surface area contributed by atoms with E-state index in [0.717, 1.165) is 56.9 Å². The van der Waals surface area contributed by atoms with E-state index >= 15 is 0 Å². The molecule has 0 saturated carbocycles. The van der Waals surface area contributed by atoms with E-state index in [4.69, 9.17) is 9.15 Å². The molecule has 248 valence electrons. The van der Waals surface area contributed by atoms with Gasteiger partial charge in [-0.2, -0.15) is 0 Å². The quantitative estimate of drug-likeness (QED) is 0.164. The maximum atomic E-state index is 6.98. The lowest BCUT2D eigenvalue weighted by atomic mass is 9.43. The summed E-state index contributed by atoms with van der Waals surface area (Å²) in [6, 6.07) is 38.0. The predicted molar refractivity (Wildman–Crippen MR) is 212 cm³/mol. The van der Waals surface area contributed by atoms with Crippen LogP contribution in [0.25, 0.3) is 33.1 Å². The molecule has 0 bridgehead atoms.